The van der Waals surface area contributed by atoms with Crippen LogP contribution in [-0.2, 0) is 0 Å². The largest absolute Gasteiger partial charge is 0.337 e. The number of hydrogen-bond donors (Lipinski definition) is 0. The molecule has 0 atom stereocenters. The Bertz CT molecular complexity index is 969. The van der Waals surface area contributed by atoms with Crippen molar-refractivity contribution >= 4 is 21.8 Å². The summed E-state index contributed by atoms with van der Waals surface area (Å²) in [5.41, 5.74) is 2.42. The summed E-state index contributed by atoms with van der Waals surface area (Å²) < 4.78 is 5.00. The van der Waals surface area contributed by atoms with Crippen molar-refractivity contribution < 1.29 is 4.79 Å². The number of carbonyl (C=O) groups excluding carboxylic acids is 1. The Labute approximate surface area is 171 Å². The third-order valence-electron chi connectivity index (χ3n) is 5.64. The highest BCUT2D eigenvalue weighted by molar-refractivity contribution is 9.10. The van der Waals surface area contributed by atoms with E-state index < -0.39 is 0 Å². The van der Waals surface area contributed by atoms with Gasteiger partial charge >= 0.3 is 0 Å². The molecule has 3 aromatic rings. The van der Waals surface area contributed by atoms with E-state index >= 15 is 0 Å². The monoisotopic (exact) mass is 440 g/mol. The maximum atomic E-state index is 13.2. The second-order valence-corrected chi connectivity index (χ2v) is 8.43. The number of carbonyl (C=O) groups is 1. The van der Waals surface area contributed by atoms with Crippen LogP contribution >= 0.6 is 15.9 Å². The van der Waals surface area contributed by atoms with Crippen LogP contribution in [0, 0.1) is 0 Å². The molecule has 2 aliphatic rings. The number of aromatic nitrogens is 5. The van der Waals surface area contributed by atoms with E-state index in [2.05, 4.69) is 35.8 Å². The van der Waals surface area contributed by atoms with Gasteiger partial charge in [0.15, 0.2) is 5.69 Å². The minimum Gasteiger partial charge on any atom is -0.337 e. The molecule has 144 valence electrons. The molecule has 0 N–H and O–H groups in total. The van der Waals surface area contributed by atoms with Crippen LogP contribution < -0.4 is 0 Å². The fraction of sp³-hybridized carbons (Fsp3) is 0.400. The molecule has 1 saturated heterocycles. The zero-order valence-corrected chi connectivity index (χ0v) is 17.0. The molecule has 8 heteroatoms. The predicted octanol–water partition coefficient (Wildman–Crippen LogP) is 3.58. The highest BCUT2D eigenvalue weighted by atomic mass is 79.9. The van der Waals surface area contributed by atoms with E-state index in [1.807, 2.05) is 46.4 Å². The lowest BCUT2D eigenvalue weighted by atomic mass is 10.0. The third-order valence-corrected chi connectivity index (χ3v) is 6.17. The van der Waals surface area contributed by atoms with Gasteiger partial charge in [-0.1, -0.05) is 21.1 Å². The van der Waals surface area contributed by atoms with Crippen molar-refractivity contribution in [2.24, 2.45) is 0 Å². The van der Waals surface area contributed by atoms with Gasteiger partial charge < -0.3 is 9.47 Å². The maximum Gasteiger partial charge on any atom is 0.276 e. The van der Waals surface area contributed by atoms with Crippen LogP contribution in [-0.4, -0.2) is 48.4 Å². The van der Waals surface area contributed by atoms with Gasteiger partial charge in [-0.05, 0) is 49.9 Å². The summed E-state index contributed by atoms with van der Waals surface area (Å²) in [4.78, 5) is 19.3. The van der Waals surface area contributed by atoms with Crippen LogP contribution in [0.15, 0.2) is 47.5 Å². The van der Waals surface area contributed by atoms with E-state index in [0.29, 0.717) is 17.7 Å². The number of piperidine rings is 1. The lowest BCUT2D eigenvalue weighted by Gasteiger charge is -2.32. The molecule has 0 spiro atoms. The molecular formula is C20H21BrN6O. The predicted molar refractivity (Wildman–Crippen MR) is 107 cm³/mol. The van der Waals surface area contributed by atoms with Gasteiger partial charge in [0.25, 0.3) is 5.91 Å². The zero-order valence-electron chi connectivity index (χ0n) is 15.4. The molecule has 1 aliphatic carbocycles. The Morgan fingerprint density at radius 3 is 2.46 bits per heavy atom. The number of halogens is 1. The molecule has 2 aromatic heterocycles. The normalized spacial score (nSPS) is 17.8. The topological polar surface area (TPSA) is 68.8 Å². The molecular weight excluding hydrogens is 420 g/mol. The highest BCUT2D eigenvalue weighted by Gasteiger charge is 2.36. The number of nitrogens with zero attached hydrogens (tertiary/aromatic N) is 6. The van der Waals surface area contributed by atoms with Crippen LogP contribution in [0.5, 0.6) is 0 Å². The Hall–Kier alpha value is -2.48. The van der Waals surface area contributed by atoms with Gasteiger partial charge in [-0.3, -0.25) is 4.79 Å². The Morgan fingerprint density at radius 1 is 1.07 bits per heavy atom. The summed E-state index contributed by atoms with van der Waals surface area (Å²) in [6.07, 6.45) is 9.71. The van der Waals surface area contributed by atoms with Crippen molar-refractivity contribution in [1.82, 2.24) is 29.4 Å². The third kappa shape index (κ3) is 3.26. The highest BCUT2D eigenvalue weighted by Crippen LogP contribution is 2.42. The lowest BCUT2D eigenvalue weighted by Crippen LogP contribution is -2.39. The van der Waals surface area contributed by atoms with Gasteiger partial charge in [-0.15, -0.1) is 5.10 Å². The molecule has 0 bridgehead atoms. The smallest absolute Gasteiger partial charge is 0.276 e. The standard InChI is InChI=1S/C20H21BrN6O/c21-15-3-5-17(6-4-15)27-19(14-1-2-14)18(23-24-27)20(28)25-10-7-16(8-11-25)26-12-9-22-13-26/h3-6,9,12-14,16H,1-2,7-8,10-11H2. The fourth-order valence-corrected chi connectivity index (χ4v) is 4.20. The summed E-state index contributed by atoms with van der Waals surface area (Å²) in [5, 5.41) is 8.66. The lowest BCUT2D eigenvalue weighted by molar-refractivity contribution is 0.0687. The number of benzene rings is 1. The Balaban J connectivity index is 1.37. The molecule has 5 rings (SSSR count). The SMILES string of the molecule is O=C(c1nnn(-c2ccc(Br)cc2)c1C1CC1)N1CCC(n2ccnc2)CC1. The van der Waals surface area contributed by atoms with E-state index in [-0.39, 0.29) is 5.91 Å². The molecule has 1 amide bonds. The van der Waals surface area contributed by atoms with Crippen molar-refractivity contribution in [3.63, 3.8) is 0 Å². The second-order valence-electron chi connectivity index (χ2n) is 7.52. The fourth-order valence-electron chi connectivity index (χ4n) is 3.94. The summed E-state index contributed by atoms with van der Waals surface area (Å²) in [6.45, 7) is 1.47. The van der Waals surface area contributed by atoms with Crippen molar-refractivity contribution in [2.45, 2.75) is 37.6 Å². The molecule has 1 saturated carbocycles. The molecule has 7 nitrogen and oxygen atoms in total. The minimum absolute atomic E-state index is 0.00865. The molecule has 0 unspecified atom stereocenters. The van der Waals surface area contributed by atoms with Crippen LogP contribution in [0.4, 0.5) is 0 Å². The first-order chi connectivity index (χ1) is 13.7. The quantitative estimate of drug-likeness (QED) is 0.621. The van der Waals surface area contributed by atoms with Crippen molar-refractivity contribution in [3.05, 3.63) is 58.8 Å². The number of imidazole rings is 1. The van der Waals surface area contributed by atoms with Crippen molar-refractivity contribution in [1.29, 1.82) is 0 Å². The maximum absolute atomic E-state index is 13.2. The average Bonchev–Trinajstić information content (AvgIpc) is 3.24. The van der Waals surface area contributed by atoms with Crippen molar-refractivity contribution in [2.75, 3.05) is 13.1 Å². The van der Waals surface area contributed by atoms with Gasteiger partial charge in [0.1, 0.15) is 0 Å². The Morgan fingerprint density at radius 2 is 1.82 bits per heavy atom. The summed E-state index contributed by atoms with van der Waals surface area (Å²) in [7, 11) is 0. The van der Waals surface area contributed by atoms with E-state index in [0.717, 1.165) is 54.6 Å². The van der Waals surface area contributed by atoms with Gasteiger partial charge in [0.05, 0.1) is 17.7 Å². The Kier molecular flexibility index (Phi) is 4.50. The molecule has 28 heavy (non-hydrogen) atoms. The molecule has 1 aromatic carbocycles. The number of hydrogen-bond acceptors (Lipinski definition) is 4. The van der Waals surface area contributed by atoms with Crippen molar-refractivity contribution in [3.8, 4) is 5.69 Å². The van der Waals surface area contributed by atoms with Crippen LogP contribution in [0.3, 0.4) is 0 Å². The summed E-state index contributed by atoms with van der Waals surface area (Å²) >= 11 is 3.47. The first-order valence-electron chi connectivity index (χ1n) is 9.69. The molecule has 3 heterocycles. The summed E-state index contributed by atoms with van der Waals surface area (Å²) in [5.74, 6) is 0.385. The molecule has 0 radical (unpaired) electrons. The second kappa shape index (κ2) is 7.16. The number of likely N-dealkylation sites (tertiary alicyclic amines) is 1. The van der Waals surface area contributed by atoms with Crippen LogP contribution in [0.2, 0.25) is 0 Å². The zero-order chi connectivity index (χ0) is 19.1. The van der Waals surface area contributed by atoms with Gasteiger partial charge in [-0.2, -0.15) is 0 Å². The van der Waals surface area contributed by atoms with E-state index in [1.165, 1.54) is 0 Å². The van der Waals surface area contributed by atoms with Gasteiger partial charge in [0.2, 0.25) is 0 Å². The van der Waals surface area contributed by atoms with Crippen LogP contribution in [0.1, 0.15) is 53.8 Å². The van der Waals surface area contributed by atoms with E-state index in [9.17, 15) is 4.79 Å². The number of rotatable bonds is 4. The first kappa shape index (κ1) is 17.6. The summed E-state index contributed by atoms with van der Waals surface area (Å²) in [6, 6.07) is 8.37. The van der Waals surface area contributed by atoms with Gasteiger partial charge in [-0.25, -0.2) is 9.67 Å². The minimum atomic E-state index is 0.00865. The molecule has 2 fully saturated rings. The van der Waals surface area contributed by atoms with E-state index in [1.54, 1.807) is 6.20 Å². The average molecular weight is 441 g/mol. The van der Waals surface area contributed by atoms with E-state index in [4.69, 9.17) is 0 Å². The van der Waals surface area contributed by atoms with Gasteiger partial charge in [0, 0.05) is 41.9 Å². The number of amides is 1. The first-order valence-corrected chi connectivity index (χ1v) is 10.5. The van der Waals surface area contributed by atoms with Crippen LogP contribution in [0.25, 0.3) is 5.69 Å². The molecule has 1 aliphatic heterocycles.